The van der Waals surface area contributed by atoms with Gasteiger partial charge < -0.3 is 9.80 Å². The summed E-state index contributed by atoms with van der Waals surface area (Å²) in [5.74, 6) is -0.896. The second kappa shape index (κ2) is 10.2. The lowest BCUT2D eigenvalue weighted by Crippen LogP contribution is -2.52. The number of halogens is 4. The zero-order valence-electron chi connectivity index (χ0n) is 19.0. The minimum Gasteiger partial charge on any atom is -0.368 e. The third-order valence-electron chi connectivity index (χ3n) is 5.90. The van der Waals surface area contributed by atoms with Crippen LogP contribution in [0.25, 0.3) is 0 Å². The molecule has 36 heavy (non-hydrogen) atoms. The monoisotopic (exact) mass is 521 g/mol. The van der Waals surface area contributed by atoms with Crippen molar-refractivity contribution in [1.29, 1.82) is 0 Å². The summed E-state index contributed by atoms with van der Waals surface area (Å²) in [6.45, 7) is 0.768. The minimum atomic E-state index is -4.68. The van der Waals surface area contributed by atoms with Crippen molar-refractivity contribution < 1.29 is 30.8 Å². The Kier molecular flexibility index (Phi) is 7.21. The SMILES string of the molecule is O=C(CN(c1cccc(C(F)(F)F)c1)S(=O)(=O)c1ccccc1)N1CCN(c2ccc(F)cc2)CC1. The van der Waals surface area contributed by atoms with E-state index in [4.69, 9.17) is 0 Å². The maximum Gasteiger partial charge on any atom is 0.416 e. The Morgan fingerprint density at radius 1 is 0.861 bits per heavy atom. The molecule has 0 unspecified atom stereocenters. The molecule has 0 aliphatic carbocycles. The van der Waals surface area contributed by atoms with E-state index in [1.165, 1.54) is 47.4 Å². The largest absolute Gasteiger partial charge is 0.416 e. The maximum absolute atomic E-state index is 13.4. The summed E-state index contributed by atoms with van der Waals surface area (Å²) < 4.78 is 80.7. The minimum absolute atomic E-state index is 0.142. The number of carbonyl (C=O) groups is 1. The smallest absolute Gasteiger partial charge is 0.368 e. The Balaban J connectivity index is 1.57. The van der Waals surface area contributed by atoms with Crippen LogP contribution in [0.1, 0.15) is 5.56 Å². The molecule has 3 aromatic rings. The number of anilines is 2. The number of hydrogen-bond acceptors (Lipinski definition) is 4. The normalized spacial score (nSPS) is 14.6. The molecule has 11 heteroatoms. The van der Waals surface area contributed by atoms with Crippen molar-refractivity contribution in [3.63, 3.8) is 0 Å². The lowest BCUT2D eigenvalue weighted by atomic mass is 10.2. The molecule has 1 saturated heterocycles. The highest BCUT2D eigenvalue weighted by Crippen LogP contribution is 2.33. The second-order valence-corrected chi connectivity index (χ2v) is 10.1. The van der Waals surface area contributed by atoms with Crippen LogP contribution in [-0.4, -0.2) is 51.9 Å². The van der Waals surface area contributed by atoms with Crippen molar-refractivity contribution in [1.82, 2.24) is 4.90 Å². The number of nitrogens with zero attached hydrogens (tertiary/aromatic N) is 3. The molecule has 1 fully saturated rings. The van der Waals surface area contributed by atoms with E-state index in [0.29, 0.717) is 17.4 Å². The Hall–Kier alpha value is -3.60. The van der Waals surface area contributed by atoms with E-state index in [1.807, 2.05) is 4.90 Å². The van der Waals surface area contributed by atoms with Crippen LogP contribution in [0.15, 0.2) is 83.8 Å². The molecule has 0 N–H and O–H groups in total. The van der Waals surface area contributed by atoms with Crippen molar-refractivity contribution in [2.75, 3.05) is 41.9 Å². The van der Waals surface area contributed by atoms with Gasteiger partial charge in [-0.2, -0.15) is 13.2 Å². The molecule has 0 saturated carbocycles. The summed E-state index contributed by atoms with van der Waals surface area (Å²) in [4.78, 5) is 16.5. The fourth-order valence-electron chi connectivity index (χ4n) is 3.96. The van der Waals surface area contributed by atoms with Gasteiger partial charge in [-0.1, -0.05) is 24.3 Å². The van der Waals surface area contributed by atoms with E-state index in [9.17, 15) is 30.8 Å². The fraction of sp³-hybridized carbons (Fsp3) is 0.240. The molecule has 0 radical (unpaired) electrons. The van der Waals surface area contributed by atoms with E-state index < -0.39 is 34.2 Å². The molecule has 0 spiro atoms. The van der Waals surface area contributed by atoms with Gasteiger partial charge in [-0.15, -0.1) is 0 Å². The van der Waals surface area contributed by atoms with Crippen LogP contribution in [0, 0.1) is 5.82 Å². The predicted octanol–water partition coefficient (Wildman–Crippen LogP) is 4.39. The first kappa shape index (κ1) is 25.5. The van der Waals surface area contributed by atoms with Gasteiger partial charge in [-0.3, -0.25) is 9.10 Å². The van der Waals surface area contributed by atoms with Gasteiger partial charge in [0.1, 0.15) is 12.4 Å². The molecule has 1 aliphatic rings. The van der Waals surface area contributed by atoms with E-state index >= 15 is 0 Å². The molecular weight excluding hydrogens is 498 g/mol. The van der Waals surface area contributed by atoms with E-state index in [2.05, 4.69) is 0 Å². The molecule has 0 aromatic heterocycles. The lowest BCUT2D eigenvalue weighted by Gasteiger charge is -2.37. The molecule has 4 rings (SSSR count). The lowest BCUT2D eigenvalue weighted by molar-refractivity contribution is -0.137. The number of sulfonamides is 1. The van der Waals surface area contributed by atoms with Crippen molar-refractivity contribution in [2.45, 2.75) is 11.1 Å². The van der Waals surface area contributed by atoms with Crippen LogP contribution in [0.3, 0.4) is 0 Å². The second-order valence-electron chi connectivity index (χ2n) is 8.22. The molecule has 190 valence electrons. The zero-order valence-corrected chi connectivity index (χ0v) is 19.8. The molecule has 0 atom stereocenters. The van der Waals surface area contributed by atoms with Gasteiger partial charge in [0.05, 0.1) is 16.1 Å². The Morgan fingerprint density at radius 3 is 2.11 bits per heavy atom. The molecule has 6 nitrogen and oxygen atoms in total. The number of carbonyl (C=O) groups excluding carboxylic acids is 1. The highest BCUT2D eigenvalue weighted by Gasteiger charge is 2.34. The quantitative estimate of drug-likeness (QED) is 0.452. The summed E-state index contributed by atoms with van der Waals surface area (Å²) in [6, 6.07) is 17.1. The molecule has 1 heterocycles. The summed E-state index contributed by atoms with van der Waals surface area (Å²) >= 11 is 0. The fourth-order valence-corrected chi connectivity index (χ4v) is 5.39. The molecule has 3 aromatic carbocycles. The highest BCUT2D eigenvalue weighted by atomic mass is 32.2. The van der Waals surface area contributed by atoms with Crippen LogP contribution < -0.4 is 9.21 Å². The van der Waals surface area contributed by atoms with E-state index in [0.717, 1.165) is 23.9 Å². The van der Waals surface area contributed by atoms with Crippen LogP contribution in [0.5, 0.6) is 0 Å². The molecule has 0 bridgehead atoms. The van der Waals surface area contributed by atoms with Gasteiger partial charge in [-0.25, -0.2) is 12.8 Å². The van der Waals surface area contributed by atoms with Gasteiger partial charge in [-0.05, 0) is 54.6 Å². The van der Waals surface area contributed by atoms with Crippen LogP contribution >= 0.6 is 0 Å². The van der Waals surface area contributed by atoms with Gasteiger partial charge in [0.2, 0.25) is 5.91 Å². The summed E-state index contributed by atoms with van der Waals surface area (Å²) in [7, 11) is -4.34. The highest BCUT2D eigenvalue weighted by molar-refractivity contribution is 7.92. The topological polar surface area (TPSA) is 60.9 Å². The van der Waals surface area contributed by atoms with Gasteiger partial charge >= 0.3 is 6.18 Å². The van der Waals surface area contributed by atoms with Crippen molar-refractivity contribution in [2.24, 2.45) is 0 Å². The Morgan fingerprint density at radius 2 is 1.50 bits per heavy atom. The van der Waals surface area contributed by atoms with Crippen LogP contribution in [0.2, 0.25) is 0 Å². The first-order chi connectivity index (χ1) is 17.1. The molecule has 1 aliphatic heterocycles. The van der Waals surface area contributed by atoms with Crippen molar-refractivity contribution in [3.8, 4) is 0 Å². The van der Waals surface area contributed by atoms with Gasteiger partial charge in [0.15, 0.2) is 0 Å². The third-order valence-corrected chi connectivity index (χ3v) is 7.68. The van der Waals surface area contributed by atoms with E-state index in [-0.39, 0.29) is 29.5 Å². The summed E-state index contributed by atoms with van der Waals surface area (Å²) in [5.41, 5.74) is -0.485. The first-order valence-electron chi connectivity index (χ1n) is 11.1. The van der Waals surface area contributed by atoms with Gasteiger partial charge in [0.25, 0.3) is 10.0 Å². The molecule has 1 amide bonds. The van der Waals surface area contributed by atoms with E-state index in [1.54, 1.807) is 18.2 Å². The number of alkyl halides is 3. The standard InChI is InChI=1S/C25H23F4N3O3S/c26-20-9-11-21(12-10-20)30-13-15-31(16-14-30)24(33)18-32(36(34,35)23-7-2-1-3-8-23)22-6-4-5-19(17-22)25(27,28)29/h1-12,17H,13-16,18H2. The maximum atomic E-state index is 13.4. The van der Waals surface area contributed by atoms with Crippen LogP contribution in [0.4, 0.5) is 28.9 Å². The zero-order chi connectivity index (χ0) is 25.9. The van der Waals surface area contributed by atoms with Crippen molar-refractivity contribution >= 4 is 27.3 Å². The molecular formula is C25H23F4N3O3S. The Bertz CT molecular complexity index is 1310. The predicted molar refractivity (Wildman–Crippen MR) is 128 cm³/mol. The summed E-state index contributed by atoms with van der Waals surface area (Å²) in [6.07, 6.45) is -4.68. The summed E-state index contributed by atoms with van der Waals surface area (Å²) in [5, 5.41) is 0. The average Bonchev–Trinajstić information content (AvgIpc) is 2.87. The number of piperazine rings is 1. The number of amides is 1. The number of hydrogen-bond donors (Lipinski definition) is 0. The number of rotatable bonds is 6. The average molecular weight is 522 g/mol. The third kappa shape index (κ3) is 5.62. The van der Waals surface area contributed by atoms with Gasteiger partial charge in [0, 0.05) is 31.9 Å². The number of benzene rings is 3. The Labute approximate surface area is 206 Å². The first-order valence-corrected chi connectivity index (χ1v) is 12.5. The van der Waals surface area contributed by atoms with Crippen LogP contribution in [-0.2, 0) is 21.0 Å². The van der Waals surface area contributed by atoms with Crippen molar-refractivity contribution in [3.05, 3.63) is 90.2 Å².